The molecule has 0 saturated carbocycles. The van der Waals surface area contributed by atoms with E-state index >= 15 is 0 Å². The summed E-state index contributed by atoms with van der Waals surface area (Å²) in [7, 11) is 0. The van der Waals surface area contributed by atoms with E-state index < -0.39 is 0 Å². The second kappa shape index (κ2) is 8.82. The average Bonchev–Trinajstić information content (AvgIpc) is 3.30. The molecule has 1 amide bonds. The third-order valence-corrected chi connectivity index (χ3v) is 6.23. The van der Waals surface area contributed by atoms with E-state index in [1.165, 1.54) is 0 Å². The second-order valence-corrected chi connectivity index (χ2v) is 7.80. The molecule has 4 rings (SSSR count). The van der Waals surface area contributed by atoms with Gasteiger partial charge in [-0.1, -0.05) is 11.6 Å². The Hall–Kier alpha value is -1.60. The number of halogens is 2. The molecule has 2 aromatic rings. The van der Waals surface area contributed by atoms with Crippen LogP contribution in [0.3, 0.4) is 0 Å². The van der Waals surface area contributed by atoms with Crippen molar-refractivity contribution in [2.45, 2.75) is 26.3 Å². The molecule has 0 radical (unpaired) electrons. The molecule has 0 spiro atoms. The highest BCUT2D eigenvalue weighted by Gasteiger charge is 2.31. The molecular weight excluding hydrogens is 397 g/mol. The number of aryl methyl sites for hydroxylation is 1. The monoisotopic (exact) mass is 423 g/mol. The van der Waals surface area contributed by atoms with Crippen molar-refractivity contribution < 1.29 is 4.79 Å². The standard InChI is InChI=1S/C20H26ClN5O.ClH/c1-14-19(21)15(2)26(23-14)17-5-3-16(4-6-17)20(27)25-10-7-18(13-25)24-11-8-22-9-12-24;/h3-6,18,22H,7-13H2,1-2H3;1H. The number of nitrogens with zero attached hydrogens (tertiary/aromatic N) is 4. The Morgan fingerprint density at radius 1 is 1.14 bits per heavy atom. The fourth-order valence-corrected chi connectivity index (χ4v) is 4.19. The molecule has 2 aliphatic heterocycles. The fraction of sp³-hybridized carbons (Fsp3) is 0.500. The molecule has 2 saturated heterocycles. The topological polar surface area (TPSA) is 53.4 Å². The third kappa shape index (κ3) is 4.06. The van der Waals surface area contributed by atoms with Gasteiger partial charge in [-0.2, -0.15) is 5.10 Å². The highest BCUT2D eigenvalue weighted by molar-refractivity contribution is 6.31. The number of piperazine rings is 1. The van der Waals surface area contributed by atoms with Gasteiger partial charge in [-0.3, -0.25) is 9.69 Å². The van der Waals surface area contributed by atoms with Gasteiger partial charge < -0.3 is 10.2 Å². The summed E-state index contributed by atoms with van der Waals surface area (Å²) in [6.07, 6.45) is 1.06. The largest absolute Gasteiger partial charge is 0.337 e. The number of benzene rings is 1. The maximum atomic E-state index is 12.9. The van der Waals surface area contributed by atoms with E-state index in [0.29, 0.717) is 11.1 Å². The normalized spacial score (nSPS) is 20.2. The number of carbonyl (C=O) groups excluding carboxylic acids is 1. The van der Waals surface area contributed by atoms with Crippen molar-refractivity contribution in [3.05, 3.63) is 46.2 Å². The molecule has 2 fully saturated rings. The first-order chi connectivity index (χ1) is 13.0. The minimum absolute atomic E-state index is 0. The fourth-order valence-electron chi connectivity index (χ4n) is 4.07. The van der Waals surface area contributed by atoms with Crippen LogP contribution in [0, 0.1) is 13.8 Å². The van der Waals surface area contributed by atoms with Gasteiger partial charge in [0.1, 0.15) is 0 Å². The molecule has 0 bridgehead atoms. The van der Waals surface area contributed by atoms with Gasteiger partial charge >= 0.3 is 0 Å². The second-order valence-electron chi connectivity index (χ2n) is 7.42. The summed E-state index contributed by atoms with van der Waals surface area (Å²) in [6, 6.07) is 8.15. The van der Waals surface area contributed by atoms with Crippen molar-refractivity contribution in [3.8, 4) is 5.69 Å². The van der Waals surface area contributed by atoms with Crippen molar-refractivity contribution >= 4 is 29.9 Å². The van der Waals surface area contributed by atoms with Crippen molar-refractivity contribution in [1.82, 2.24) is 24.9 Å². The first-order valence-corrected chi connectivity index (χ1v) is 9.98. The summed E-state index contributed by atoms with van der Waals surface area (Å²) in [6.45, 7) is 9.74. The molecule has 8 heteroatoms. The van der Waals surface area contributed by atoms with Gasteiger partial charge in [0.05, 0.1) is 22.1 Å². The number of hydrogen-bond donors (Lipinski definition) is 1. The van der Waals surface area contributed by atoms with Crippen LogP contribution in [0.15, 0.2) is 24.3 Å². The summed E-state index contributed by atoms with van der Waals surface area (Å²) in [5.74, 6) is 0.116. The number of aromatic nitrogens is 2. The Morgan fingerprint density at radius 2 is 1.82 bits per heavy atom. The average molecular weight is 424 g/mol. The summed E-state index contributed by atoms with van der Waals surface area (Å²) in [5.41, 5.74) is 3.36. The van der Waals surface area contributed by atoms with Gasteiger partial charge in [0.15, 0.2) is 0 Å². The van der Waals surface area contributed by atoms with Gasteiger partial charge in [-0.05, 0) is 44.5 Å². The molecule has 0 aliphatic carbocycles. The molecule has 1 aromatic heterocycles. The molecule has 1 N–H and O–H groups in total. The van der Waals surface area contributed by atoms with Crippen LogP contribution in [0.25, 0.3) is 5.69 Å². The first kappa shape index (κ1) is 21.1. The summed E-state index contributed by atoms with van der Waals surface area (Å²) in [5, 5.41) is 8.55. The molecule has 28 heavy (non-hydrogen) atoms. The molecule has 1 unspecified atom stereocenters. The van der Waals surface area contributed by atoms with Crippen molar-refractivity contribution in [2.24, 2.45) is 0 Å². The molecule has 3 heterocycles. The van der Waals surface area contributed by atoms with Crippen molar-refractivity contribution in [2.75, 3.05) is 39.3 Å². The summed E-state index contributed by atoms with van der Waals surface area (Å²) >= 11 is 6.24. The zero-order valence-electron chi connectivity index (χ0n) is 16.3. The van der Waals surface area contributed by atoms with Crippen LogP contribution in [-0.2, 0) is 0 Å². The van der Waals surface area contributed by atoms with E-state index in [1.807, 2.05) is 47.7 Å². The Bertz CT molecular complexity index is 830. The van der Waals surface area contributed by atoms with Crippen LogP contribution >= 0.6 is 24.0 Å². The third-order valence-electron chi connectivity index (χ3n) is 5.68. The van der Waals surface area contributed by atoms with Gasteiger partial charge in [0.25, 0.3) is 5.91 Å². The summed E-state index contributed by atoms with van der Waals surface area (Å²) < 4.78 is 1.82. The Kier molecular flexibility index (Phi) is 6.65. The van der Waals surface area contributed by atoms with Crippen LogP contribution < -0.4 is 5.32 Å². The molecule has 1 atom stereocenters. The summed E-state index contributed by atoms with van der Waals surface area (Å²) in [4.78, 5) is 17.4. The van der Waals surface area contributed by atoms with Crippen LogP contribution in [0.1, 0.15) is 28.2 Å². The lowest BCUT2D eigenvalue weighted by atomic mass is 10.2. The maximum Gasteiger partial charge on any atom is 0.253 e. The molecular formula is C20H27Cl2N5O. The Balaban J connectivity index is 0.00000225. The van der Waals surface area contributed by atoms with E-state index in [2.05, 4.69) is 15.3 Å². The quantitative estimate of drug-likeness (QED) is 0.824. The van der Waals surface area contributed by atoms with Gasteiger partial charge in [-0.15, -0.1) is 12.4 Å². The van der Waals surface area contributed by atoms with E-state index in [1.54, 1.807) is 0 Å². The van der Waals surface area contributed by atoms with E-state index in [0.717, 1.165) is 68.3 Å². The van der Waals surface area contributed by atoms with Crippen LogP contribution in [-0.4, -0.2) is 70.8 Å². The highest BCUT2D eigenvalue weighted by Crippen LogP contribution is 2.23. The lowest BCUT2D eigenvalue weighted by Gasteiger charge is -2.32. The Labute approximate surface area is 177 Å². The van der Waals surface area contributed by atoms with E-state index in [4.69, 9.17) is 11.6 Å². The van der Waals surface area contributed by atoms with Gasteiger partial charge in [-0.25, -0.2) is 4.68 Å². The van der Waals surface area contributed by atoms with Crippen LogP contribution in [0.2, 0.25) is 5.02 Å². The van der Waals surface area contributed by atoms with Gasteiger partial charge in [0, 0.05) is 50.9 Å². The Morgan fingerprint density at radius 3 is 2.43 bits per heavy atom. The molecule has 1 aromatic carbocycles. The molecule has 152 valence electrons. The maximum absolute atomic E-state index is 12.9. The smallest absolute Gasteiger partial charge is 0.253 e. The lowest BCUT2D eigenvalue weighted by molar-refractivity contribution is 0.0773. The number of nitrogens with one attached hydrogen (secondary N) is 1. The molecule has 6 nitrogen and oxygen atoms in total. The highest BCUT2D eigenvalue weighted by atomic mass is 35.5. The minimum atomic E-state index is 0. The zero-order valence-corrected chi connectivity index (χ0v) is 17.9. The number of carbonyl (C=O) groups is 1. The lowest BCUT2D eigenvalue weighted by Crippen LogP contribution is -2.49. The number of likely N-dealkylation sites (tertiary alicyclic amines) is 1. The van der Waals surface area contributed by atoms with Crippen molar-refractivity contribution in [1.29, 1.82) is 0 Å². The minimum Gasteiger partial charge on any atom is -0.337 e. The van der Waals surface area contributed by atoms with Gasteiger partial charge in [0.2, 0.25) is 0 Å². The molecule has 2 aliphatic rings. The number of rotatable bonds is 3. The van der Waals surface area contributed by atoms with E-state index in [9.17, 15) is 4.79 Å². The zero-order chi connectivity index (χ0) is 19.0. The van der Waals surface area contributed by atoms with E-state index in [-0.39, 0.29) is 18.3 Å². The first-order valence-electron chi connectivity index (χ1n) is 9.61. The predicted molar refractivity (Wildman–Crippen MR) is 114 cm³/mol. The van der Waals surface area contributed by atoms with Crippen LogP contribution in [0.4, 0.5) is 0 Å². The van der Waals surface area contributed by atoms with Crippen LogP contribution in [0.5, 0.6) is 0 Å². The predicted octanol–water partition coefficient (Wildman–Crippen LogP) is 2.68. The number of hydrogen-bond acceptors (Lipinski definition) is 4. The SMILES string of the molecule is Cc1nn(-c2ccc(C(=O)N3CCC(N4CCNCC4)C3)cc2)c(C)c1Cl.Cl. The number of amides is 1. The van der Waals surface area contributed by atoms with Crippen molar-refractivity contribution in [3.63, 3.8) is 0 Å².